The zero-order chi connectivity index (χ0) is 31.3. The molecule has 2 aromatic carbocycles. The molecule has 44 heavy (non-hydrogen) atoms. The number of hydrogen-bond donors (Lipinski definition) is 3. The van der Waals surface area contributed by atoms with Crippen LogP contribution in [-0.2, 0) is 35.8 Å². The van der Waals surface area contributed by atoms with E-state index >= 15 is 0 Å². The number of carbonyl (C=O) groups is 2. The number of amides is 2. The number of carbonyl (C=O) groups excluding carboxylic acids is 2. The second kappa shape index (κ2) is 17.3. The van der Waals surface area contributed by atoms with Crippen LogP contribution in [0.15, 0.2) is 54.6 Å². The van der Waals surface area contributed by atoms with Gasteiger partial charge in [-0.15, -0.1) is 0 Å². The van der Waals surface area contributed by atoms with Gasteiger partial charge in [0.05, 0.1) is 0 Å². The zero-order valence-corrected chi connectivity index (χ0v) is 27.0. The van der Waals surface area contributed by atoms with E-state index in [1.165, 1.54) is 18.1 Å². The minimum absolute atomic E-state index is 0.0138. The molecular formula is C32H42Cl2N8O2. The predicted molar refractivity (Wildman–Crippen MR) is 176 cm³/mol. The fourth-order valence-electron chi connectivity index (χ4n) is 5.04. The maximum absolute atomic E-state index is 11.0. The Kier molecular flexibility index (Phi) is 13.2. The molecule has 0 bridgehead atoms. The van der Waals surface area contributed by atoms with E-state index in [1.807, 2.05) is 0 Å². The van der Waals surface area contributed by atoms with Crippen LogP contribution in [0, 0.1) is 0 Å². The first-order valence-corrected chi connectivity index (χ1v) is 15.7. The molecule has 0 atom stereocenters. The van der Waals surface area contributed by atoms with E-state index in [4.69, 9.17) is 23.2 Å². The molecule has 0 aliphatic carbocycles. The molecular weight excluding hydrogens is 599 g/mol. The minimum Gasteiger partial charge on any atom is -0.354 e. The van der Waals surface area contributed by atoms with Crippen LogP contribution >= 0.6 is 23.2 Å². The Bertz CT molecular complexity index is 1320. The van der Waals surface area contributed by atoms with Gasteiger partial charge in [0.2, 0.25) is 17.1 Å². The Morgan fingerprint density at radius 2 is 1.16 bits per heavy atom. The third-order valence-corrected chi connectivity index (χ3v) is 7.86. The number of nitrogens with zero attached hydrogens (tertiary/aromatic N) is 5. The Labute approximate surface area is 270 Å². The largest absolute Gasteiger partial charge is 0.354 e. The van der Waals surface area contributed by atoms with Crippen molar-refractivity contribution in [2.24, 2.45) is 0 Å². The lowest BCUT2D eigenvalue weighted by atomic mass is 10.1. The van der Waals surface area contributed by atoms with Gasteiger partial charge < -0.3 is 20.9 Å². The molecule has 0 radical (unpaired) electrons. The topological polar surface area (TPSA) is 106 Å². The summed E-state index contributed by atoms with van der Waals surface area (Å²) in [5.41, 5.74) is 4.85. The Morgan fingerprint density at radius 3 is 1.61 bits per heavy atom. The van der Waals surface area contributed by atoms with Crippen LogP contribution in [0.1, 0.15) is 36.1 Å². The highest BCUT2D eigenvalue weighted by molar-refractivity contribution is 6.32. The number of halogens is 2. The van der Waals surface area contributed by atoms with Gasteiger partial charge in [0.1, 0.15) is 11.0 Å². The number of benzene rings is 2. The van der Waals surface area contributed by atoms with E-state index in [0.717, 1.165) is 82.4 Å². The Morgan fingerprint density at radius 1 is 0.705 bits per heavy atom. The number of anilines is 1. The van der Waals surface area contributed by atoms with Crippen molar-refractivity contribution in [3.05, 3.63) is 87.3 Å². The van der Waals surface area contributed by atoms with Crippen LogP contribution in [0.4, 0.5) is 5.82 Å². The lowest BCUT2D eigenvalue weighted by Crippen LogP contribution is -2.46. The molecule has 2 aliphatic heterocycles. The number of hydrogen-bond acceptors (Lipinski definition) is 8. The van der Waals surface area contributed by atoms with Gasteiger partial charge in [-0.1, -0.05) is 60.1 Å². The van der Waals surface area contributed by atoms with E-state index in [0.29, 0.717) is 18.2 Å². The van der Waals surface area contributed by atoms with Crippen molar-refractivity contribution in [1.82, 2.24) is 35.7 Å². The van der Waals surface area contributed by atoms with Gasteiger partial charge in [-0.05, 0) is 33.9 Å². The van der Waals surface area contributed by atoms with Gasteiger partial charge in [-0.3, -0.25) is 19.4 Å². The van der Waals surface area contributed by atoms with Crippen LogP contribution in [0.2, 0.25) is 10.4 Å². The summed E-state index contributed by atoms with van der Waals surface area (Å²) in [6.45, 7) is 14.2. The van der Waals surface area contributed by atoms with Crippen LogP contribution in [0.5, 0.6) is 0 Å². The smallest absolute Gasteiger partial charge is 0.225 e. The molecule has 3 aromatic rings. The van der Waals surface area contributed by atoms with Crippen LogP contribution in [0.3, 0.4) is 0 Å². The molecule has 12 heteroatoms. The third-order valence-electron chi connectivity index (χ3n) is 7.50. The first-order chi connectivity index (χ1) is 21.2. The van der Waals surface area contributed by atoms with E-state index in [9.17, 15) is 9.59 Å². The summed E-state index contributed by atoms with van der Waals surface area (Å²) in [6.07, 6.45) is 0. The highest BCUT2D eigenvalue weighted by atomic mass is 35.5. The van der Waals surface area contributed by atoms with Gasteiger partial charge in [0.15, 0.2) is 0 Å². The van der Waals surface area contributed by atoms with Crippen molar-refractivity contribution < 1.29 is 9.59 Å². The van der Waals surface area contributed by atoms with Gasteiger partial charge in [0, 0.05) is 98.5 Å². The van der Waals surface area contributed by atoms with Crippen molar-refractivity contribution in [1.29, 1.82) is 0 Å². The molecule has 2 saturated heterocycles. The summed E-state index contributed by atoms with van der Waals surface area (Å²) in [7, 11) is 0. The summed E-state index contributed by atoms with van der Waals surface area (Å²) >= 11 is 11.9. The summed E-state index contributed by atoms with van der Waals surface area (Å²) in [4.78, 5) is 37.0. The second-order valence-corrected chi connectivity index (χ2v) is 11.8. The summed E-state index contributed by atoms with van der Waals surface area (Å²) in [6, 6.07) is 18.6. The maximum Gasteiger partial charge on any atom is 0.225 e. The molecule has 10 nitrogen and oxygen atoms in total. The number of nitrogens with one attached hydrogen (secondary N) is 3. The quantitative estimate of drug-likeness (QED) is 0.241. The van der Waals surface area contributed by atoms with Gasteiger partial charge in [-0.2, -0.15) is 0 Å². The van der Waals surface area contributed by atoms with Gasteiger partial charge in [0.25, 0.3) is 0 Å². The third kappa shape index (κ3) is 11.7. The molecule has 2 aliphatic rings. The number of aromatic nitrogens is 2. The average Bonchev–Trinajstić information content (AvgIpc) is 3.01. The lowest BCUT2D eigenvalue weighted by Gasteiger charge is -2.35. The predicted octanol–water partition coefficient (Wildman–Crippen LogP) is 3.47. The normalized spacial score (nSPS) is 15.7. The SMILES string of the molecule is CC(=O)NCc1ccc(CN2CCN(c3cc(Cl)nc(Cl)n3)CC2)cc1.CC(=O)NCc1ccc(CN2CCNCC2)cc1. The zero-order valence-electron chi connectivity index (χ0n) is 25.5. The standard InChI is InChI=1S/C18H21Cl2N5O.C14H21N3O/c1-13(26)21-11-14-2-4-15(5-3-14)12-24-6-8-25(9-7-24)17-10-16(19)22-18(20)23-17;1-12(18)16-10-13-2-4-14(5-3-13)11-17-8-6-15-7-9-17/h2-5,10H,6-9,11-12H2,1H3,(H,21,26);2-5,15H,6-11H2,1H3,(H,16,18). The Hall–Kier alpha value is -3.28. The molecule has 5 rings (SSSR count). The van der Waals surface area contributed by atoms with E-state index in [1.54, 1.807) is 13.0 Å². The molecule has 2 amide bonds. The van der Waals surface area contributed by atoms with Crippen LogP contribution < -0.4 is 20.9 Å². The maximum atomic E-state index is 11.0. The molecule has 0 saturated carbocycles. The monoisotopic (exact) mass is 640 g/mol. The summed E-state index contributed by atoms with van der Waals surface area (Å²) in [5, 5.41) is 9.51. The second-order valence-electron chi connectivity index (χ2n) is 11.1. The summed E-state index contributed by atoms with van der Waals surface area (Å²) in [5.74, 6) is 0.773. The van der Waals surface area contributed by atoms with Crippen molar-refractivity contribution in [2.75, 3.05) is 57.3 Å². The fourth-order valence-corrected chi connectivity index (χ4v) is 5.44. The molecule has 3 N–H and O–H groups in total. The number of rotatable bonds is 9. The molecule has 2 fully saturated rings. The van der Waals surface area contributed by atoms with Gasteiger partial charge in [-0.25, -0.2) is 9.97 Å². The molecule has 236 valence electrons. The first-order valence-electron chi connectivity index (χ1n) is 15.0. The minimum atomic E-state index is -0.0155. The van der Waals surface area contributed by atoms with Crippen molar-refractivity contribution in [3.63, 3.8) is 0 Å². The number of piperazine rings is 2. The molecule has 1 aromatic heterocycles. The van der Waals surface area contributed by atoms with Gasteiger partial charge >= 0.3 is 0 Å². The lowest BCUT2D eigenvalue weighted by molar-refractivity contribution is -0.120. The van der Waals surface area contributed by atoms with Crippen molar-refractivity contribution in [3.8, 4) is 0 Å². The Balaban J connectivity index is 0.000000215. The first kappa shape index (κ1) is 33.6. The highest BCUT2D eigenvalue weighted by Gasteiger charge is 2.19. The highest BCUT2D eigenvalue weighted by Crippen LogP contribution is 2.20. The van der Waals surface area contributed by atoms with Crippen LogP contribution in [0.25, 0.3) is 0 Å². The van der Waals surface area contributed by atoms with E-state index in [2.05, 4.69) is 89.1 Å². The molecule has 0 unspecified atom stereocenters. The van der Waals surface area contributed by atoms with Crippen molar-refractivity contribution in [2.45, 2.75) is 40.0 Å². The van der Waals surface area contributed by atoms with Crippen LogP contribution in [-0.4, -0.2) is 83.9 Å². The fraction of sp³-hybridized carbons (Fsp3) is 0.438. The summed E-state index contributed by atoms with van der Waals surface area (Å²) < 4.78 is 0. The van der Waals surface area contributed by atoms with Crippen molar-refractivity contribution >= 4 is 40.8 Å². The molecule has 0 spiro atoms. The molecule has 3 heterocycles. The van der Waals surface area contributed by atoms with E-state index < -0.39 is 0 Å². The van der Waals surface area contributed by atoms with E-state index in [-0.39, 0.29) is 17.1 Å². The average molecular weight is 642 g/mol.